The first-order chi connectivity index (χ1) is 6.81. The van der Waals surface area contributed by atoms with E-state index >= 15 is 0 Å². The van der Waals surface area contributed by atoms with Crippen LogP contribution >= 0.6 is 0 Å². The van der Waals surface area contributed by atoms with E-state index in [4.69, 9.17) is 0 Å². The van der Waals surface area contributed by atoms with E-state index in [2.05, 4.69) is 17.7 Å². The van der Waals surface area contributed by atoms with Gasteiger partial charge in [0.25, 0.3) is 0 Å². The molecule has 2 heteroatoms. The first-order valence-corrected chi connectivity index (χ1v) is 4.53. The summed E-state index contributed by atoms with van der Waals surface area (Å²) in [6, 6.07) is 10.1. The predicted octanol–water partition coefficient (Wildman–Crippen LogP) is 2.73. The van der Waals surface area contributed by atoms with Crippen LogP contribution in [0.5, 0.6) is 0 Å². The Hall–Kier alpha value is -1.83. The third-order valence-corrected chi connectivity index (χ3v) is 2.17. The number of aromatic nitrogens is 2. The largest absolute Gasteiger partial charge is 0.275 e. The molecule has 0 saturated heterocycles. The van der Waals surface area contributed by atoms with Crippen LogP contribution in [0.3, 0.4) is 0 Å². The summed E-state index contributed by atoms with van der Waals surface area (Å²) in [5.74, 6) is 0. The van der Waals surface area contributed by atoms with Crippen LogP contribution in [0.4, 0.5) is 0 Å². The van der Waals surface area contributed by atoms with Gasteiger partial charge in [0.15, 0.2) is 0 Å². The van der Waals surface area contributed by atoms with E-state index in [0.717, 1.165) is 16.8 Å². The van der Waals surface area contributed by atoms with Crippen molar-refractivity contribution in [2.75, 3.05) is 0 Å². The summed E-state index contributed by atoms with van der Waals surface area (Å²) >= 11 is 0. The van der Waals surface area contributed by atoms with E-state index in [1.165, 1.54) is 0 Å². The molecule has 0 amide bonds. The van der Waals surface area contributed by atoms with Crippen LogP contribution in [0.15, 0.2) is 43.1 Å². The molecule has 0 bridgehead atoms. The summed E-state index contributed by atoms with van der Waals surface area (Å²) in [5.41, 5.74) is 3.23. The first-order valence-electron chi connectivity index (χ1n) is 4.53. The Morgan fingerprint density at radius 2 is 2.07 bits per heavy atom. The van der Waals surface area contributed by atoms with E-state index < -0.39 is 0 Å². The molecule has 2 rings (SSSR count). The molecule has 0 aliphatic rings. The molecule has 0 saturated carbocycles. The lowest BCUT2D eigenvalue weighted by atomic mass is 10.1. The molecule has 0 radical (unpaired) electrons. The quantitative estimate of drug-likeness (QED) is 0.701. The van der Waals surface area contributed by atoms with Gasteiger partial charge in [0.2, 0.25) is 0 Å². The normalized spacial score (nSPS) is 10.1. The summed E-state index contributed by atoms with van der Waals surface area (Å²) in [7, 11) is 1.92. The minimum Gasteiger partial charge on any atom is -0.275 e. The molecule has 0 unspecified atom stereocenters. The zero-order valence-corrected chi connectivity index (χ0v) is 8.14. The monoisotopic (exact) mass is 184 g/mol. The van der Waals surface area contributed by atoms with Gasteiger partial charge in [-0.25, -0.2) is 0 Å². The molecule has 1 aromatic carbocycles. The highest BCUT2D eigenvalue weighted by Crippen LogP contribution is 2.22. The number of aryl methyl sites for hydroxylation is 1. The zero-order chi connectivity index (χ0) is 9.97. The van der Waals surface area contributed by atoms with Crippen molar-refractivity contribution < 1.29 is 0 Å². The topological polar surface area (TPSA) is 17.8 Å². The summed E-state index contributed by atoms with van der Waals surface area (Å²) in [6.45, 7) is 3.79. The van der Waals surface area contributed by atoms with Crippen LogP contribution < -0.4 is 0 Å². The predicted molar refractivity (Wildman–Crippen MR) is 58.7 cm³/mol. The first kappa shape index (κ1) is 8.75. The molecule has 14 heavy (non-hydrogen) atoms. The molecule has 1 heterocycles. The lowest BCUT2D eigenvalue weighted by Gasteiger charge is -2.01. The minimum absolute atomic E-state index is 0.989. The Labute approximate surface area is 83.5 Å². The van der Waals surface area contributed by atoms with Crippen LogP contribution in [0.25, 0.3) is 17.3 Å². The summed E-state index contributed by atoms with van der Waals surface area (Å²) in [4.78, 5) is 0. The standard InChI is InChI=1S/C12H12N2/c1-3-10-6-4-5-7-11(10)12-8-9-14(2)13-12/h3-9H,1H2,2H3. The van der Waals surface area contributed by atoms with Crippen molar-refractivity contribution in [2.24, 2.45) is 7.05 Å². The van der Waals surface area contributed by atoms with Gasteiger partial charge in [-0.15, -0.1) is 0 Å². The van der Waals surface area contributed by atoms with E-state index in [1.807, 2.05) is 43.6 Å². The van der Waals surface area contributed by atoms with Gasteiger partial charge in [-0.1, -0.05) is 36.9 Å². The summed E-state index contributed by atoms with van der Waals surface area (Å²) in [6.07, 6.45) is 3.79. The second-order valence-corrected chi connectivity index (χ2v) is 3.17. The number of hydrogen-bond acceptors (Lipinski definition) is 1. The van der Waals surface area contributed by atoms with Crippen molar-refractivity contribution in [1.29, 1.82) is 0 Å². The molecule has 2 nitrogen and oxygen atoms in total. The molecule has 0 spiro atoms. The van der Waals surface area contributed by atoms with Crippen LogP contribution in [0.1, 0.15) is 5.56 Å². The van der Waals surface area contributed by atoms with Gasteiger partial charge >= 0.3 is 0 Å². The number of rotatable bonds is 2. The number of nitrogens with zero attached hydrogens (tertiary/aromatic N) is 2. The van der Waals surface area contributed by atoms with E-state index in [9.17, 15) is 0 Å². The highest BCUT2D eigenvalue weighted by atomic mass is 15.2. The van der Waals surface area contributed by atoms with Crippen molar-refractivity contribution in [1.82, 2.24) is 9.78 Å². The average molecular weight is 184 g/mol. The van der Waals surface area contributed by atoms with Crippen molar-refractivity contribution in [3.05, 3.63) is 48.7 Å². The molecule has 0 aliphatic heterocycles. The van der Waals surface area contributed by atoms with Gasteiger partial charge in [-0.2, -0.15) is 5.10 Å². The second-order valence-electron chi connectivity index (χ2n) is 3.17. The zero-order valence-electron chi connectivity index (χ0n) is 8.14. The number of benzene rings is 1. The highest BCUT2D eigenvalue weighted by molar-refractivity contribution is 5.71. The van der Waals surface area contributed by atoms with Gasteiger partial charge in [-0.05, 0) is 11.6 Å². The fraction of sp³-hybridized carbons (Fsp3) is 0.0833. The smallest absolute Gasteiger partial charge is 0.0929 e. The highest BCUT2D eigenvalue weighted by Gasteiger charge is 2.03. The van der Waals surface area contributed by atoms with Crippen LogP contribution in [0.2, 0.25) is 0 Å². The van der Waals surface area contributed by atoms with Crippen LogP contribution in [-0.2, 0) is 7.05 Å². The Bertz CT molecular complexity index is 455. The van der Waals surface area contributed by atoms with Crippen molar-refractivity contribution in [3.63, 3.8) is 0 Å². The fourth-order valence-electron chi connectivity index (χ4n) is 1.47. The molecule has 0 aliphatic carbocycles. The Morgan fingerprint density at radius 3 is 2.71 bits per heavy atom. The van der Waals surface area contributed by atoms with Crippen LogP contribution in [-0.4, -0.2) is 9.78 Å². The van der Waals surface area contributed by atoms with Crippen molar-refractivity contribution in [3.8, 4) is 11.3 Å². The van der Waals surface area contributed by atoms with Gasteiger partial charge in [0.1, 0.15) is 0 Å². The molecule has 70 valence electrons. The SMILES string of the molecule is C=Cc1ccccc1-c1ccn(C)n1. The minimum atomic E-state index is 0.989. The Morgan fingerprint density at radius 1 is 1.29 bits per heavy atom. The van der Waals surface area contributed by atoms with E-state index in [1.54, 1.807) is 4.68 Å². The van der Waals surface area contributed by atoms with Crippen molar-refractivity contribution in [2.45, 2.75) is 0 Å². The molecule has 0 fully saturated rings. The maximum Gasteiger partial charge on any atom is 0.0929 e. The molecule has 2 aromatic rings. The summed E-state index contributed by atoms with van der Waals surface area (Å²) < 4.78 is 1.80. The maximum atomic E-state index is 4.36. The van der Waals surface area contributed by atoms with E-state index in [-0.39, 0.29) is 0 Å². The fourth-order valence-corrected chi connectivity index (χ4v) is 1.47. The molecule has 1 aromatic heterocycles. The molecular formula is C12H12N2. The molecule has 0 atom stereocenters. The van der Waals surface area contributed by atoms with Gasteiger partial charge in [-0.3, -0.25) is 4.68 Å². The van der Waals surface area contributed by atoms with Gasteiger partial charge in [0, 0.05) is 18.8 Å². The lowest BCUT2D eigenvalue weighted by Crippen LogP contribution is -1.89. The average Bonchev–Trinajstić information content (AvgIpc) is 2.65. The van der Waals surface area contributed by atoms with Gasteiger partial charge < -0.3 is 0 Å². The molecular weight excluding hydrogens is 172 g/mol. The second kappa shape index (κ2) is 3.50. The third-order valence-electron chi connectivity index (χ3n) is 2.17. The van der Waals surface area contributed by atoms with Crippen molar-refractivity contribution >= 4 is 6.08 Å². The van der Waals surface area contributed by atoms with Crippen LogP contribution in [0, 0.1) is 0 Å². The third kappa shape index (κ3) is 1.46. The Kier molecular flexibility index (Phi) is 2.19. The lowest BCUT2D eigenvalue weighted by molar-refractivity contribution is 0.771. The maximum absolute atomic E-state index is 4.36. The summed E-state index contributed by atoms with van der Waals surface area (Å²) in [5, 5.41) is 4.36. The number of hydrogen-bond donors (Lipinski definition) is 0. The molecule has 0 N–H and O–H groups in total. The van der Waals surface area contributed by atoms with Gasteiger partial charge in [0.05, 0.1) is 5.69 Å². The van der Waals surface area contributed by atoms with E-state index in [0.29, 0.717) is 0 Å². The Balaban J connectivity index is 2.55.